The highest BCUT2D eigenvalue weighted by Gasteiger charge is 2.32. The minimum absolute atomic E-state index is 0.0989. The summed E-state index contributed by atoms with van der Waals surface area (Å²) in [6, 6.07) is 14.9. The van der Waals surface area contributed by atoms with Gasteiger partial charge >= 0.3 is 0 Å². The Morgan fingerprint density at radius 3 is 2.61 bits per heavy atom. The largest absolute Gasteiger partial charge is 0.352 e. The van der Waals surface area contributed by atoms with Crippen molar-refractivity contribution in [3.05, 3.63) is 70.2 Å². The van der Waals surface area contributed by atoms with E-state index in [9.17, 15) is 13.2 Å². The Labute approximate surface area is 171 Å². The summed E-state index contributed by atoms with van der Waals surface area (Å²) in [7, 11) is -3.53. The third kappa shape index (κ3) is 5.34. The number of rotatable bonds is 6. The fourth-order valence-corrected chi connectivity index (χ4v) is 5.28. The van der Waals surface area contributed by atoms with Crippen molar-refractivity contribution in [1.29, 1.82) is 0 Å². The highest BCUT2D eigenvalue weighted by atomic mass is 35.5. The zero-order chi connectivity index (χ0) is 20.1. The molecule has 0 radical (unpaired) electrons. The third-order valence-electron chi connectivity index (χ3n) is 5.03. The zero-order valence-corrected chi connectivity index (χ0v) is 17.5. The summed E-state index contributed by atoms with van der Waals surface area (Å²) in [4.78, 5) is 12.6. The zero-order valence-electron chi connectivity index (χ0n) is 15.9. The van der Waals surface area contributed by atoms with Crippen molar-refractivity contribution in [3.63, 3.8) is 0 Å². The Balaban J connectivity index is 1.60. The summed E-state index contributed by atoms with van der Waals surface area (Å²) in [6.07, 6.45) is 1.36. The van der Waals surface area contributed by atoms with Crippen LogP contribution in [0.15, 0.2) is 48.5 Å². The van der Waals surface area contributed by atoms with Gasteiger partial charge in [-0.2, -0.15) is 0 Å². The molecule has 1 amide bonds. The first-order chi connectivity index (χ1) is 13.3. The maximum Gasteiger partial charge on any atom is 0.224 e. The van der Waals surface area contributed by atoms with Crippen molar-refractivity contribution in [1.82, 2.24) is 9.62 Å². The Bertz CT molecular complexity index is 929. The second-order valence-electron chi connectivity index (χ2n) is 7.25. The van der Waals surface area contributed by atoms with Crippen molar-refractivity contribution >= 4 is 27.5 Å². The van der Waals surface area contributed by atoms with Gasteiger partial charge in [-0.3, -0.25) is 4.79 Å². The molecule has 28 heavy (non-hydrogen) atoms. The fourth-order valence-electron chi connectivity index (χ4n) is 3.35. The van der Waals surface area contributed by atoms with E-state index >= 15 is 0 Å². The standard InChI is InChI=1S/C21H25ClN2O3S/c1-16-8-10-17(11-9-16)13-23-21(25)18-6-4-12-24(14-18)28(26,27)15-19-5-2-3-7-20(19)22/h2-3,5,7-11,18H,4,6,12-15H2,1H3,(H,23,25). The predicted molar refractivity (Wildman–Crippen MR) is 111 cm³/mol. The molecule has 0 spiro atoms. The molecule has 1 unspecified atom stereocenters. The number of amides is 1. The monoisotopic (exact) mass is 420 g/mol. The number of piperidine rings is 1. The number of benzene rings is 2. The molecule has 1 aliphatic heterocycles. The molecule has 2 aromatic rings. The summed E-state index contributed by atoms with van der Waals surface area (Å²) in [5.74, 6) is -0.580. The number of nitrogens with one attached hydrogen (secondary N) is 1. The van der Waals surface area contributed by atoms with Gasteiger partial charge in [0.25, 0.3) is 0 Å². The van der Waals surface area contributed by atoms with Crippen molar-refractivity contribution in [2.24, 2.45) is 5.92 Å². The Morgan fingerprint density at radius 2 is 1.89 bits per heavy atom. The first-order valence-corrected chi connectivity index (χ1v) is 11.4. The van der Waals surface area contributed by atoms with Crippen LogP contribution in [0.3, 0.4) is 0 Å². The molecule has 1 N–H and O–H groups in total. The minimum Gasteiger partial charge on any atom is -0.352 e. The summed E-state index contributed by atoms with van der Waals surface area (Å²) >= 11 is 6.11. The molecule has 1 saturated heterocycles. The van der Waals surface area contributed by atoms with Crippen molar-refractivity contribution < 1.29 is 13.2 Å². The highest BCUT2D eigenvalue weighted by molar-refractivity contribution is 7.88. The minimum atomic E-state index is -3.53. The Morgan fingerprint density at radius 1 is 1.18 bits per heavy atom. The molecule has 3 rings (SSSR count). The van der Waals surface area contributed by atoms with Crippen molar-refractivity contribution in [2.75, 3.05) is 13.1 Å². The molecule has 0 bridgehead atoms. The van der Waals surface area contributed by atoms with Gasteiger partial charge in [-0.1, -0.05) is 59.6 Å². The van der Waals surface area contributed by atoms with Gasteiger partial charge in [0.05, 0.1) is 11.7 Å². The molecular formula is C21H25ClN2O3S. The van der Waals surface area contributed by atoms with E-state index in [2.05, 4.69) is 5.32 Å². The molecule has 1 heterocycles. The van der Waals surface area contributed by atoms with Crippen LogP contribution in [0.25, 0.3) is 0 Å². The van der Waals surface area contributed by atoms with E-state index in [-0.39, 0.29) is 24.1 Å². The number of hydrogen-bond acceptors (Lipinski definition) is 3. The van der Waals surface area contributed by atoms with Gasteiger partial charge in [0.1, 0.15) is 0 Å². The summed E-state index contributed by atoms with van der Waals surface area (Å²) in [5.41, 5.74) is 2.77. The van der Waals surface area contributed by atoms with Crippen LogP contribution in [0.4, 0.5) is 0 Å². The van der Waals surface area contributed by atoms with Gasteiger partial charge in [-0.25, -0.2) is 12.7 Å². The van der Waals surface area contributed by atoms with E-state index in [1.54, 1.807) is 24.3 Å². The summed E-state index contributed by atoms with van der Waals surface area (Å²) in [6.45, 7) is 3.12. The van der Waals surface area contributed by atoms with Crippen LogP contribution in [-0.4, -0.2) is 31.7 Å². The van der Waals surface area contributed by atoms with Crippen LogP contribution in [0.5, 0.6) is 0 Å². The van der Waals surface area contributed by atoms with Crippen LogP contribution < -0.4 is 5.32 Å². The molecule has 0 saturated carbocycles. The van der Waals surface area contributed by atoms with Crippen LogP contribution in [0.1, 0.15) is 29.5 Å². The van der Waals surface area contributed by atoms with E-state index in [0.717, 1.165) is 5.56 Å². The summed E-state index contributed by atoms with van der Waals surface area (Å²) in [5, 5.41) is 3.38. The second-order valence-corrected chi connectivity index (χ2v) is 9.62. The van der Waals surface area contributed by atoms with Crippen LogP contribution >= 0.6 is 11.6 Å². The average molecular weight is 421 g/mol. The number of halogens is 1. The molecule has 150 valence electrons. The molecular weight excluding hydrogens is 396 g/mol. The lowest BCUT2D eigenvalue weighted by atomic mass is 9.98. The van der Waals surface area contributed by atoms with Gasteiger partial charge < -0.3 is 5.32 Å². The quantitative estimate of drug-likeness (QED) is 0.777. The van der Waals surface area contributed by atoms with Gasteiger partial charge in [-0.15, -0.1) is 0 Å². The lowest BCUT2D eigenvalue weighted by molar-refractivity contribution is -0.126. The van der Waals surface area contributed by atoms with E-state index in [4.69, 9.17) is 11.6 Å². The number of carbonyl (C=O) groups excluding carboxylic acids is 1. The number of sulfonamides is 1. The smallest absolute Gasteiger partial charge is 0.224 e. The number of carbonyl (C=O) groups is 1. The number of hydrogen-bond donors (Lipinski definition) is 1. The van der Waals surface area contributed by atoms with E-state index in [1.807, 2.05) is 31.2 Å². The van der Waals surface area contributed by atoms with Crippen LogP contribution in [0, 0.1) is 12.8 Å². The van der Waals surface area contributed by atoms with E-state index in [1.165, 1.54) is 9.87 Å². The molecule has 0 aromatic heterocycles. The Hall–Kier alpha value is -1.89. The van der Waals surface area contributed by atoms with Gasteiger partial charge in [0, 0.05) is 24.7 Å². The van der Waals surface area contributed by atoms with Gasteiger partial charge in [0.2, 0.25) is 15.9 Å². The molecule has 0 aliphatic carbocycles. The van der Waals surface area contributed by atoms with Crippen molar-refractivity contribution in [2.45, 2.75) is 32.1 Å². The first-order valence-electron chi connectivity index (χ1n) is 9.39. The number of aryl methyl sites for hydroxylation is 1. The van der Waals surface area contributed by atoms with E-state index in [0.29, 0.717) is 36.5 Å². The molecule has 2 aromatic carbocycles. The molecule has 1 atom stereocenters. The van der Waals surface area contributed by atoms with Crippen LogP contribution in [-0.2, 0) is 27.1 Å². The van der Waals surface area contributed by atoms with Gasteiger partial charge in [-0.05, 0) is 37.0 Å². The van der Waals surface area contributed by atoms with Crippen LogP contribution in [0.2, 0.25) is 5.02 Å². The van der Waals surface area contributed by atoms with Crippen molar-refractivity contribution in [3.8, 4) is 0 Å². The highest BCUT2D eigenvalue weighted by Crippen LogP contribution is 2.24. The summed E-state index contributed by atoms with van der Waals surface area (Å²) < 4.78 is 27.1. The lowest BCUT2D eigenvalue weighted by Gasteiger charge is -2.31. The molecule has 1 aliphatic rings. The third-order valence-corrected chi connectivity index (χ3v) is 7.19. The average Bonchev–Trinajstić information content (AvgIpc) is 2.69. The maximum atomic E-state index is 12.8. The topological polar surface area (TPSA) is 66.5 Å². The Kier molecular flexibility index (Phi) is 6.75. The first kappa shape index (κ1) is 20.8. The van der Waals surface area contributed by atoms with Gasteiger partial charge in [0.15, 0.2) is 0 Å². The molecule has 1 fully saturated rings. The maximum absolute atomic E-state index is 12.8. The normalized spacial score (nSPS) is 18.0. The predicted octanol–water partition coefficient (Wildman–Crippen LogP) is 3.51. The molecule has 5 nitrogen and oxygen atoms in total. The number of nitrogens with zero attached hydrogens (tertiary/aromatic N) is 1. The van der Waals surface area contributed by atoms with E-state index < -0.39 is 10.0 Å². The molecule has 7 heteroatoms. The lowest BCUT2D eigenvalue weighted by Crippen LogP contribution is -2.45. The fraction of sp³-hybridized carbons (Fsp3) is 0.381. The second kappa shape index (κ2) is 9.07. The SMILES string of the molecule is Cc1ccc(CNC(=O)C2CCCN(S(=O)(=O)Cc3ccccc3Cl)C2)cc1.